The summed E-state index contributed by atoms with van der Waals surface area (Å²) in [6.07, 6.45) is 5.13. The highest BCUT2D eigenvalue weighted by Crippen LogP contribution is 2.31. The summed E-state index contributed by atoms with van der Waals surface area (Å²) in [5.41, 5.74) is 0.641. The van der Waals surface area contributed by atoms with Crippen LogP contribution in [0.3, 0.4) is 0 Å². The molecule has 1 aromatic heterocycles. The van der Waals surface area contributed by atoms with Gasteiger partial charge in [0.2, 0.25) is 0 Å². The number of fused-ring (bicyclic) bond motifs is 1. The molecule has 0 saturated carbocycles. The Morgan fingerprint density at radius 3 is 3.00 bits per heavy atom. The Morgan fingerprint density at radius 2 is 2.26 bits per heavy atom. The highest BCUT2D eigenvalue weighted by Gasteiger charge is 2.36. The summed E-state index contributed by atoms with van der Waals surface area (Å²) in [5, 5.41) is 0. The van der Waals surface area contributed by atoms with E-state index in [1.54, 1.807) is 12.3 Å². The number of amides is 1. The minimum atomic E-state index is 0.0901. The summed E-state index contributed by atoms with van der Waals surface area (Å²) in [5.74, 6) is 0.717. The van der Waals surface area contributed by atoms with Crippen molar-refractivity contribution in [3.63, 3.8) is 0 Å². The quantitative estimate of drug-likeness (QED) is 0.796. The molecule has 2 fully saturated rings. The van der Waals surface area contributed by atoms with Crippen LogP contribution in [0.2, 0.25) is 0 Å². The topological polar surface area (TPSA) is 36.7 Å². The number of likely N-dealkylation sites (tertiary alicyclic amines) is 2. The lowest BCUT2D eigenvalue weighted by atomic mass is 9.84. The molecule has 1 aromatic rings. The first kappa shape index (κ1) is 13.2. The second-order valence-electron chi connectivity index (χ2n) is 5.60. The molecule has 0 bridgehead atoms. The maximum absolute atomic E-state index is 12.5. The lowest BCUT2D eigenvalue weighted by Gasteiger charge is -2.45. The largest absolute Gasteiger partial charge is 0.457 e. The van der Waals surface area contributed by atoms with Crippen molar-refractivity contribution in [2.75, 3.05) is 26.7 Å². The van der Waals surface area contributed by atoms with E-state index in [2.05, 4.69) is 27.9 Å². The van der Waals surface area contributed by atoms with Gasteiger partial charge in [0.25, 0.3) is 5.91 Å². The number of nitrogens with zero attached hydrogens (tertiary/aromatic N) is 2. The average molecular weight is 327 g/mol. The van der Waals surface area contributed by atoms with Crippen LogP contribution in [-0.2, 0) is 0 Å². The van der Waals surface area contributed by atoms with E-state index in [0.717, 1.165) is 19.5 Å². The number of hydrogen-bond donors (Lipinski definition) is 0. The van der Waals surface area contributed by atoms with Crippen LogP contribution in [0.4, 0.5) is 0 Å². The van der Waals surface area contributed by atoms with Gasteiger partial charge >= 0.3 is 0 Å². The Morgan fingerprint density at radius 1 is 1.42 bits per heavy atom. The van der Waals surface area contributed by atoms with E-state index in [4.69, 9.17) is 4.42 Å². The van der Waals surface area contributed by atoms with Crippen LogP contribution in [-0.4, -0.2) is 48.4 Å². The third-order valence-electron chi connectivity index (χ3n) is 4.48. The lowest BCUT2D eigenvalue weighted by molar-refractivity contribution is 0.0315. The standard InChI is InChI=1S/C14H19BrN2O2/c1-16-6-2-3-10-9-17(7-4-12(10)16)14(18)11-5-8-19-13(11)15/h5,8,10,12H,2-4,6-7,9H2,1H3. The Bertz CT molecular complexity index is 474. The van der Waals surface area contributed by atoms with Crippen LogP contribution < -0.4 is 0 Å². The summed E-state index contributed by atoms with van der Waals surface area (Å²) >= 11 is 3.29. The number of halogens is 1. The van der Waals surface area contributed by atoms with Crippen LogP contribution in [0.5, 0.6) is 0 Å². The van der Waals surface area contributed by atoms with Crippen molar-refractivity contribution >= 4 is 21.8 Å². The normalized spacial score (nSPS) is 28.2. The molecule has 19 heavy (non-hydrogen) atoms. The van der Waals surface area contributed by atoms with Gasteiger partial charge in [-0.25, -0.2) is 0 Å². The van der Waals surface area contributed by atoms with E-state index < -0.39 is 0 Å². The van der Waals surface area contributed by atoms with Gasteiger partial charge in [-0.3, -0.25) is 4.79 Å². The zero-order valence-corrected chi connectivity index (χ0v) is 12.7. The van der Waals surface area contributed by atoms with Gasteiger partial charge in [-0.2, -0.15) is 0 Å². The number of rotatable bonds is 1. The Labute approximate surface area is 121 Å². The molecule has 2 aliphatic rings. The molecule has 3 rings (SSSR count). The molecule has 2 saturated heterocycles. The SMILES string of the molecule is CN1CCCC2CN(C(=O)c3ccoc3Br)CCC21. The second-order valence-corrected chi connectivity index (χ2v) is 6.32. The van der Waals surface area contributed by atoms with Crippen molar-refractivity contribution in [1.82, 2.24) is 9.80 Å². The number of carbonyl (C=O) groups excluding carboxylic acids is 1. The molecule has 0 aromatic carbocycles. The van der Waals surface area contributed by atoms with E-state index >= 15 is 0 Å². The molecule has 2 atom stereocenters. The number of piperidine rings is 2. The predicted octanol–water partition coefficient (Wildman–Crippen LogP) is 2.60. The molecule has 0 aliphatic carbocycles. The molecule has 1 amide bonds. The summed E-state index contributed by atoms with van der Waals surface area (Å²) < 4.78 is 5.70. The second kappa shape index (κ2) is 5.29. The molecule has 104 valence electrons. The van der Waals surface area contributed by atoms with Gasteiger partial charge in [-0.15, -0.1) is 0 Å². The van der Waals surface area contributed by atoms with Crippen molar-refractivity contribution in [3.8, 4) is 0 Å². The van der Waals surface area contributed by atoms with Gasteiger partial charge in [0.05, 0.1) is 11.8 Å². The van der Waals surface area contributed by atoms with E-state index in [9.17, 15) is 4.79 Å². The van der Waals surface area contributed by atoms with E-state index in [1.165, 1.54) is 19.4 Å². The smallest absolute Gasteiger partial charge is 0.258 e. The maximum Gasteiger partial charge on any atom is 0.258 e. The van der Waals surface area contributed by atoms with Gasteiger partial charge in [-0.05, 0) is 60.8 Å². The molecule has 2 aliphatic heterocycles. The first-order valence-corrected chi connectivity index (χ1v) is 7.68. The van der Waals surface area contributed by atoms with Gasteiger partial charge in [0.15, 0.2) is 4.67 Å². The van der Waals surface area contributed by atoms with Gasteiger partial charge in [-0.1, -0.05) is 0 Å². The summed E-state index contributed by atoms with van der Waals surface area (Å²) in [6, 6.07) is 2.40. The summed E-state index contributed by atoms with van der Waals surface area (Å²) in [4.78, 5) is 16.9. The lowest BCUT2D eigenvalue weighted by Crippen LogP contribution is -2.53. The number of carbonyl (C=O) groups is 1. The minimum absolute atomic E-state index is 0.0901. The van der Waals surface area contributed by atoms with Crippen LogP contribution in [0.1, 0.15) is 29.6 Å². The summed E-state index contributed by atoms with van der Waals surface area (Å²) in [7, 11) is 2.21. The third kappa shape index (κ3) is 2.46. The van der Waals surface area contributed by atoms with Crippen LogP contribution >= 0.6 is 15.9 Å². The Balaban J connectivity index is 1.71. The van der Waals surface area contributed by atoms with Crippen molar-refractivity contribution in [3.05, 3.63) is 22.6 Å². The van der Waals surface area contributed by atoms with Crippen molar-refractivity contribution in [2.24, 2.45) is 5.92 Å². The van der Waals surface area contributed by atoms with Gasteiger partial charge < -0.3 is 14.2 Å². The molecule has 0 spiro atoms. The molecule has 4 nitrogen and oxygen atoms in total. The van der Waals surface area contributed by atoms with Gasteiger partial charge in [0.1, 0.15) is 0 Å². The van der Waals surface area contributed by atoms with Crippen molar-refractivity contribution < 1.29 is 9.21 Å². The first-order valence-electron chi connectivity index (χ1n) is 6.89. The van der Waals surface area contributed by atoms with Gasteiger partial charge in [0, 0.05) is 19.1 Å². The monoisotopic (exact) mass is 326 g/mol. The summed E-state index contributed by atoms with van der Waals surface area (Å²) in [6.45, 7) is 2.93. The number of furan rings is 1. The fraction of sp³-hybridized carbons (Fsp3) is 0.643. The van der Waals surface area contributed by atoms with Crippen LogP contribution in [0.15, 0.2) is 21.4 Å². The molecule has 0 N–H and O–H groups in total. The molecule has 2 unspecified atom stereocenters. The zero-order valence-electron chi connectivity index (χ0n) is 11.1. The fourth-order valence-corrected chi connectivity index (χ4v) is 3.86. The predicted molar refractivity (Wildman–Crippen MR) is 76.1 cm³/mol. The van der Waals surface area contributed by atoms with E-state index in [0.29, 0.717) is 22.2 Å². The zero-order chi connectivity index (χ0) is 13.4. The first-order chi connectivity index (χ1) is 9.16. The van der Waals surface area contributed by atoms with Crippen molar-refractivity contribution in [1.29, 1.82) is 0 Å². The Kier molecular flexibility index (Phi) is 3.67. The van der Waals surface area contributed by atoms with E-state index in [-0.39, 0.29) is 5.91 Å². The molecular weight excluding hydrogens is 308 g/mol. The highest BCUT2D eigenvalue weighted by molar-refractivity contribution is 9.10. The Hall–Kier alpha value is -0.810. The highest BCUT2D eigenvalue weighted by atomic mass is 79.9. The molecule has 0 radical (unpaired) electrons. The van der Waals surface area contributed by atoms with Crippen LogP contribution in [0.25, 0.3) is 0 Å². The van der Waals surface area contributed by atoms with Crippen LogP contribution in [0, 0.1) is 5.92 Å². The maximum atomic E-state index is 12.5. The fourth-order valence-electron chi connectivity index (χ4n) is 3.45. The molecule has 5 heteroatoms. The number of hydrogen-bond acceptors (Lipinski definition) is 3. The minimum Gasteiger partial charge on any atom is -0.457 e. The third-order valence-corrected chi connectivity index (χ3v) is 5.10. The average Bonchev–Trinajstić information content (AvgIpc) is 2.84. The molecule has 3 heterocycles. The van der Waals surface area contributed by atoms with Crippen molar-refractivity contribution in [2.45, 2.75) is 25.3 Å². The van der Waals surface area contributed by atoms with E-state index in [1.807, 2.05) is 4.90 Å². The molecular formula is C14H19BrN2O2.